The van der Waals surface area contributed by atoms with Crippen LogP contribution in [0.15, 0.2) is 67.0 Å². The molecule has 3 rings (SSSR count). The number of carboxylic acid groups (broad SMARTS) is 1. The molecule has 1 aromatic carbocycles. The summed E-state index contributed by atoms with van der Waals surface area (Å²) in [5.41, 5.74) is 1.90. The predicted molar refractivity (Wildman–Crippen MR) is 154 cm³/mol. The molecule has 0 spiro atoms. The molecule has 2 heterocycles. The first-order valence-electron chi connectivity index (χ1n) is 14.0. The number of carboxylic acids is 1. The van der Waals surface area contributed by atoms with Crippen LogP contribution in [0.25, 0.3) is 0 Å². The Hall–Kier alpha value is -3.89. The van der Waals surface area contributed by atoms with Crippen LogP contribution >= 0.6 is 0 Å². The average Bonchev–Trinajstić information content (AvgIpc) is 3.06. The zero-order valence-corrected chi connectivity index (χ0v) is 23.6. The number of hydrogen-bond donors (Lipinski definition) is 3. The fraction of sp³-hybridized carbons (Fsp3) is 0.452. The highest BCUT2D eigenvalue weighted by Crippen LogP contribution is 2.18. The third-order valence-electron chi connectivity index (χ3n) is 6.65. The number of ether oxygens (including phenoxy) is 3. The minimum Gasteiger partial charge on any atom is -0.491 e. The van der Waals surface area contributed by atoms with E-state index in [-0.39, 0.29) is 18.7 Å². The Balaban J connectivity index is 1.68. The number of fused-ring (bicyclic) bond motifs is 2. The van der Waals surface area contributed by atoms with Gasteiger partial charge in [0.05, 0.1) is 26.2 Å². The smallest absolute Gasteiger partial charge is 0.304 e. The Labute approximate surface area is 241 Å². The van der Waals surface area contributed by atoms with E-state index in [0.717, 1.165) is 16.9 Å². The molecule has 1 aromatic heterocycles. The van der Waals surface area contributed by atoms with Crippen LogP contribution in [0, 0.1) is 5.92 Å². The molecule has 222 valence electrons. The Morgan fingerprint density at radius 2 is 1.93 bits per heavy atom. The molecule has 0 radical (unpaired) electrons. The molecule has 41 heavy (non-hydrogen) atoms. The highest BCUT2D eigenvalue weighted by Gasteiger charge is 2.27. The molecule has 2 bridgehead atoms. The molecule has 3 N–H and O–H groups in total. The number of aliphatic carboxylic acids is 1. The number of amides is 2. The molecule has 1 aliphatic heterocycles. The van der Waals surface area contributed by atoms with Gasteiger partial charge in [0.1, 0.15) is 18.4 Å². The summed E-state index contributed by atoms with van der Waals surface area (Å²) in [7, 11) is 1.62. The van der Waals surface area contributed by atoms with E-state index in [9.17, 15) is 19.5 Å². The number of rotatable bonds is 12. The summed E-state index contributed by atoms with van der Waals surface area (Å²) >= 11 is 0. The van der Waals surface area contributed by atoms with E-state index >= 15 is 0 Å². The summed E-state index contributed by atoms with van der Waals surface area (Å²) in [6.45, 7) is 2.77. The number of carbonyl (C=O) groups excluding carboxylic acids is 2. The van der Waals surface area contributed by atoms with Crippen molar-refractivity contribution in [1.82, 2.24) is 15.2 Å². The molecule has 0 saturated carbocycles. The SMILES string of the molecule is COCCOc1ccc(CCC[C@H](CC(=O)O)C(=O)NC2Cc3ccccccn(c3)CCOCCNC2=O)cc1. The normalized spacial score (nSPS) is 16.2. The fourth-order valence-corrected chi connectivity index (χ4v) is 4.49. The quantitative estimate of drug-likeness (QED) is 0.337. The largest absolute Gasteiger partial charge is 0.491 e. The van der Waals surface area contributed by atoms with Crippen LogP contribution in [0.2, 0.25) is 0 Å². The van der Waals surface area contributed by atoms with Crippen molar-refractivity contribution >= 4 is 17.8 Å². The number of nitrogens with zero attached hydrogens (tertiary/aromatic N) is 1. The van der Waals surface area contributed by atoms with Crippen molar-refractivity contribution in [2.75, 3.05) is 40.1 Å². The van der Waals surface area contributed by atoms with Gasteiger partial charge in [-0.25, -0.2) is 0 Å². The molecule has 0 aliphatic carbocycles. The molecule has 0 saturated heterocycles. The highest BCUT2D eigenvalue weighted by molar-refractivity contribution is 5.90. The summed E-state index contributed by atoms with van der Waals surface area (Å²) in [4.78, 5) is 38.1. The van der Waals surface area contributed by atoms with Crippen LogP contribution in [0.4, 0.5) is 0 Å². The first-order chi connectivity index (χ1) is 19.9. The average molecular weight is 568 g/mol. The van der Waals surface area contributed by atoms with Crippen molar-refractivity contribution in [3.63, 3.8) is 0 Å². The van der Waals surface area contributed by atoms with Gasteiger partial charge in [0.25, 0.3) is 0 Å². The molecule has 2 amide bonds. The van der Waals surface area contributed by atoms with Crippen LogP contribution in [-0.2, 0) is 43.2 Å². The predicted octanol–water partition coefficient (Wildman–Crippen LogP) is 2.93. The van der Waals surface area contributed by atoms with Crippen molar-refractivity contribution < 1.29 is 33.7 Å². The van der Waals surface area contributed by atoms with E-state index < -0.39 is 23.8 Å². The van der Waals surface area contributed by atoms with Crippen molar-refractivity contribution in [3.05, 3.63) is 78.1 Å². The molecular weight excluding hydrogens is 526 g/mol. The minimum absolute atomic E-state index is 0.256. The molecule has 2 aromatic rings. The van der Waals surface area contributed by atoms with Crippen molar-refractivity contribution in [3.8, 4) is 5.75 Å². The number of carbonyl (C=O) groups is 3. The third-order valence-corrected chi connectivity index (χ3v) is 6.65. The van der Waals surface area contributed by atoms with E-state index in [1.54, 1.807) is 7.11 Å². The van der Waals surface area contributed by atoms with Gasteiger partial charge in [-0.15, -0.1) is 0 Å². The fourth-order valence-electron chi connectivity index (χ4n) is 4.49. The summed E-state index contributed by atoms with van der Waals surface area (Å²) in [6, 6.07) is 16.3. The molecular formula is C31H41N3O7. The summed E-state index contributed by atoms with van der Waals surface area (Å²) in [5.74, 6) is -1.86. The Morgan fingerprint density at radius 1 is 1.12 bits per heavy atom. The monoisotopic (exact) mass is 567 g/mol. The zero-order chi connectivity index (χ0) is 29.3. The van der Waals surface area contributed by atoms with Gasteiger partial charge in [0.15, 0.2) is 0 Å². The number of aromatic nitrogens is 1. The van der Waals surface area contributed by atoms with Gasteiger partial charge in [0, 0.05) is 44.9 Å². The Bertz CT molecular complexity index is 1160. The standard InChI is InChI=1S/C31H41N3O7/c1-39-19-20-41-27-12-10-24(11-13-27)8-6-9-26(22-29(35)36)30(37)33-28-21-25-7-4-2-3-5-15-34(23-25)16-18-40-17-14-32-31(28)38/h2-5,7,10-13,15,23,26,28H,6,8-9,14,16-22H2,1H3,(H,32,38)(H,33,37)(H,35,36)/t26-,28?/m1/s1. The van der Waals surface area contributed by atoms with Gasteiger partial charge >= 0.3 is 5.97 Å². The number of benzene rings is 1. The maximum atomic E-state index is 13.4. The molecule has 1 aliphatic rings. The van der Waals surface area contributed by atoms with E-state index in [4.69, 9.17) is 14.2 Å². The summed E-state index contributed by atoms with van der Waals surface area (Å²) in [6.07, 6.45) is 5.47. The molecule has 1 unspecified atom stereocenters. The lowest BCUT2D eigenvalue weighted by molar-refractivity contribution is -0.141. The molecule has 10 heteroatoms. The lowest BCUT2D eigenvalue weighted by atomic mass is 9.95. The van der Waals surface area contributed by atoms with Crippen LogP contribution in [0.1, 0.15) is 30.4 Å². The first-order valence-corrected chi connectivity index (χ1v) is 14.0. The van der Waals surface area contributed by atoms with Gasteiger partial charge < -0.3 is 34.5 Å². The third kappa shape index (κ3) is 12.0. The van der Waals surface area contributed by atoms with Crippen LogP contribution in [0.5, 0.6) is 5.75 Å². The van der Waals surface area contributed by atoms with Gasteiger partial charge in [-0.3, -0.25) is 14.4 Å². The van der Waals surface area contributed by atoms with E-state index in [1.165, 1.54) is 0 Å². The zero-order valence-electron chi connectivity index (χ0n) is 23.6. The van der Waals surface area contributed by atoms with Gasteiger partial charge in [-0.05, 0) is 48.6 Å². The second-order valence-corrected chi connectivity index (χ2v) is 9.87. The lowest BCUT2D eigenvalue weighted by Crippen LogP contribution is -2.50. The van der Waals surface area contributed by atoms with Gasteiger partial charge in [0.2, 0.25) is 11.8 Å². The molecule has 2 atom stereocenters. The van der Waals surface area contributed by atoms with Crippen molar-refractivity contribution in [1.29, 1.82) is 0 Å². The lowest BCUT2D eigenvalue weighted by Gasteiger charge is -2.22. The van der Waals surface area contributed by atoms with Crippen LogP contribution in [0.3, 0.4) is 0 Å². The second kappa shape index (κ2) is 17.7. The van der Waals surface area contributed by atoms with Gasteiger partial charge in [-0.1, -0.05) is 36.4 Å². The highest BCUT2D eigenvalue weighted by atomic mass is 16.5. The molecule has 10 nitrogen and oxygen atoms in total. The van der Waals surface area contributed by atoms with Crippen LogP contribution < -0.4 is 15.4 Å². The maximum Gasteiger partial charge on any atom is 0.304 e. The summed E-state index contributed by atoms with van der Waals surface area (Å²) in [5, 5.41) is 15.2. The topological polar surface area (TPSA) is 128 Å². The van der Waals surface area contributed by atoms with Crippen LogP contribution in [-0.4, -0.2) is 73.6 Å². The van der Waals surface area contributed by atoms with E-state index in [0.29, 0.717) is 58.8 Å². The second-order valence-electron chi connectivity index (χ2n) is 9.87. The number of aryl methyl sites for hydroxylation is 1. The van der Waals surface area contributed by atoms with E-state index in [1.807, 2.05) is 71.6 Å². The number of nitrogens with one attached hydrogen (secondary N) is 2. The van der Waals surface area contributed by atoms with E-state index in [2.05, 4.69) is 10.6 Å². The van der Waals surface area contributed by atoms with Crippen molar-refractivity contribution in [2.45, 2.75) is 44.7 Å². The first kappa shape index (κ1) is 31.6. The maximum absolute atomic E-state index is 13.4. The van der Waals surface area contributed by atoms with Gasteiger partial charge in [-0.2, -0.15) is 0 Å². The minimum atomic E-state index is -1.06. The Kier molecular flexibility index (Phi) is 13.7. The Morgan fingerprint density at radius 3 is 2.71 bits per heavy atom. The van der Waals surface area contributed by atoms with Crippen molar-refractivity contribution in [2.24, 2.45) is 5.92 Å². The molecule has 0 fully saturated rings. The summed E-state index contributed by atoms with van der Waals surface area (Å²) < 4.78 is 18.2. The number of hydrogen-bond acceptors (Lipinski definition) is 6. The number of methoxy groups -OCH3 is 1.